The molecule has 3 aromatic rings. The lowest BCUT2D eigenvalue weighted by Crippen LogP contribution is -2.25. The van der Waals surface area contributed by atoms with Crippen molar-refractivity contribution in [3.05, 3.63) is 82.9 Å². The molecule has 2 heterocycles. The van der Waals surface area contributed by atoms with Crippen LogP contribution < -0.4 is 10.6 Å². The van der Waals surface area contributed by atoms with Gasteiger partial charge in [0.25, 0.3) is 5.91 Å². The van der Waals surface area contributed by atoms with Gasteiger partial charge in [0.2, 0.25) is 5.95 Å². The Labute approximate surface area is 152 Å². The van der Waals surface area contributed by atoms with Gasteiger partial charge in [-0.05, 0) is 37.6 Å². The van der Waals surface area contributed by atoms with E-state index in [0.717, 1.165) is 17.0 Å². The molecule has 0 saturated heterocycles. The zero-order valence-electron chi connectivity index (χ0n) is 14.9. The smallest absolute Gasteiger partial charge is 0.270 e. The Balaban J connectivity index is 1.64. The number of rotatable bonds is 6. The Morgan fingerprint density at radius 2 is 1.81 bits per heavy atom. The summed E-state index contributed by atoms with van der Waals surface area (Å²) in [7, 11) is 0. The molecule has 1 aromatic carbocycles. The average molecular weight is 347 g/mol. The molecule has 1 amide bonds. The van der Waals surface area contributed by atoms with Crippen molar-refractivity contribution in [1.29, 1.82) is 0 Å². The minimum absolute atomic E-state index is 0.250. The fourth-order valence-electron chi connectivity index (χ4n) is 2.42. The highest BCUT2D eigenvalue weighted by Crippen LogP contribution is 2.09. The van der Waals surface area contributed by atoms with Gasteiger partial charge >= 0.3 is 0 Å². The highest BCUT2D eigenvalue weighted by atomic mass is 16.1. The van der Waals surface area contributed by atoms with Crippen molar-refractivity contribution < 1.29 is 4.79 Å². The summed E-state index contributed by atoms with van der Waals surface area (Å²) in [6.07, 6.45) is 1.70. The maximum absolute atomic E-state index is 12.4. The van der Waals surface area contributed by atoms with Gasteiger partial charge in [-0.2, -0.15) is 0 Å². The van der Waals surface area contributed by atoms with E-state index in [2.05, 4.69) is 56.8 Å². The van der Waals surface area contributed by atoms with Gasteiger partial charge in [-0.3, -0.25) is 9.78 Å². The molecule has 0 fully saturated rings. The topological polar surface area (TPSA) is 79.8 Å². The first-order chi connectivity index (χ1) is 12.6. The number of hydrogen-bond donors (Lipinski definition) is 2. The molecule has 6 nitrogen and oxygen atoms in total. The van der Waals surface area contributed by atoms with E-state index in [1.807, 2.05) is 25.1 Å². The number of anilines is 1. The second kappa shape index (κ2) is 8.20. The van der Waals surface area contributed by atoms with E-state index in [1.54, 1.807) is 12.3 Å². The molecule has 6 heteroatoms. The van der Waals surface area contributed by atoms with Crippen LogP contribution in [0, 0.1) is 13.8 Å². The molecule has 0 saturated carbocycles. The van der Waals surface area contributed by atoms with Crippen molar-refractivity contribution in [1.82, 2.24) is 20.3 Å². The second-order valence-corrected chi connectivity index (χ2v) is 6.06. The Morgan fingerprint density at radius 3 is 2.54 bits per heavy atom. The summed E-state index contributed by atoms with van der Waals surface area (Å²) in [6, 6.07) is 15.5. The Morgan fingerprint density at radius 1 is 1.00 bits per heavy atom. The molecule has 2 aromatic heterocycles. The first kappa shape index (κ1) is 17.5. The van der Waals surface area contributed by atoms with Crippen LogP contribution in [0.1, 0.15) is 33.0 Å². The maximum atomic E-state index is 12.4. The average Bonchev–Trinajstić information content (AvgIpc) is 2.66. The number of pyridine rings is 1. The van der Waals surface area contributed by atoms with Crippen LogP contribution in [0.15, 0.2) is 54.7 Å². The number of benzene rings is 1. The van der Waals surface area contributed by atoms with Crippen LogP contribution >= 0.6 is 0 Å². The van der Waals surface area contributed by atoms with E-state index < -0.39 is 0 Å². The third kappa shape index (κ3) is 4.86. The van der Waals surface area contributed by atoms with E-state index in [4.69, 9.17) is 0 Å². The monoisotopic (exact) mass is 347 g/mol. The zero-order valence-corrected chi connectivity index (χ0v) is 14.9. The van der Waals surface area contributed by atoms with Crippen LogP contribution in [0.5, 0.6) is 0 Å². The van der Waals surface area contributed by atoms with E-state index in [0.29, 0.717) is 24.7 Å². The minimum Gasteiger partial charge on any atom is -0.350 e. The van der Waals surface area contributed by atoms with E-state index in [-0.39, 0.29) is 5.91 Å². The van der Waals surface area contributed by atoms with Crippen LogP contribution in [-0.2, 0) is 13.1 Å². The molecular formula is C20H21N5O. The lowest BCUT2D eigenvalue weighted by Gasteiger charge is -2.09. The van der Waals surface area contributed by atoms with Gasteiger partial charge in [0, 0.05) is 18.4 Å². The quantitative estimate of drug-likeness (QED) is 0.716. The summed E-state index contributed by atoms with van der Waals surface area (Å²) in [5, 5.41) is 6.01. The summed E-state index contributed by atoms with van der Waals surface area (Å²) in [6.45, 7) is 4.85. The molecule has 0 bridgehead atoms. The molecule has 0 unspecified atom stereocenters. The lowest BCUT2D eigenvalue weighted by molar-refractivity contribution is 0.0945. The van der Waals surface area contributed by atoms with Gasteiger partial charge in [0.05, 0.1) is 12.2 Å². The highest BCUT2D eigenvalue weighted by molar-refractivity contribution is 5.92. The summed E-state index contributed by atoms with van der Waals surface area (Å²) in [5.41, 5.74) is 4.20. The van der Waals surface area contributed by atoms with Crippen LogP contribution in [0.3, 0.4) is 0 Å². The van der Waals surface area contributed by atoms with Crippen molar-refractivity contribution in [3.63, 3.8) is 0 Å². The Kier molecular flexibility index (Phi) is 5.53. The SMILES string of the molecule is Cc1ccc(CNc2nc(C)cc(C(=O)NCc3ccccn3)n2)cc1. The molecule has 2 N–H and O–H groups in total. The second-order valence-electron chi connectivity index (χ2n) is 6.06. The van der Waals surface area contributed by atoms with E-state index in [9.17, 15) is 4.79 Å². The summed E-state index contributed by atoms with van der Waals surface area (Å²) in [5.74, 6) is 0.188. The van der Waals surface area contributed by atoms with Crippen molar-refractivity contribution in [2.24, 2.45) is 0 Å². The Hall–Kier alpha value is -3.28. The lowest BCUT2D eigenvalue weighted by atomic mass is 10.1. The van der Waals surface area contributed by atoms with Crippen LogP contribution in [0.4, 0.5) is 5.95 Å². The Bertz CT molecular complexity index is 878. The molecule has 0 aliphatic rings. The number of carbonyl (C=O) groups is 1. The highest BCUT2D eigenvalue weighted by Gasteiger charge is 2.10. The van der Waals surface area contributed by atoms with Gasteiger partial charge in [0.1, 0.15) is 5.69 Å². The molecular weight excluding hydrogens is 326 g/mol. The van der Waals surface area contributed by atoms with Gasteiger partial charge < -0.3 is 10.6 Å². The molecule has 0 spiro atoms. The number of carbonyl (C=O) groups excluding carboxylic acids is 1. The molecule has 26 heavy (non-hydrogen) atoms. The largest absolute Gasteiger partial charge is 0.350 e. The predicted molar refractivity (Wildman–Crippen MR) is 101 cm³/mol. The standard InChI is InChI=1S/C20H21N5O/c1-14-6-8-16(9-7-14)12-23-20-24-15(2)11-18(25-20)19(26)22-13-17-5-3-4-10-21-17/h3-11H,12-13H2,1-2H3,(H,22,26)(H,23,24,25). The third-order valence-corrected chi connectivity index (χ3v) is 3.81. The molecule has 0 radical (unpaired) electrons. The molecule has 0 atom stereocenters. The van der Waals surface area contributed by atoms with Crippen molar-refractivity contribution in [3.8, 4) is 0 Å². The van der Waals surface area contributed by atoms with Gasteiger partial charge in [-0.25, -0.2) is 9.97 Å². The minimum atomic E-state index is -0.250. The normalized spacial score (nSPS) is 10.4. The molecule has 0 aliphatic carbocycles. The van der Waals surface area contributed by atoms with Crippen molar-refractivity contribution in [2.45, 2.75) is 26.9 Å². The van der Waals surface area contributed by atoms with E-state index in [1.165, 1.54) is 5.56 Å². The maximum Gasteiger partial charge on any atom is 0.270 e. The number of nitrogens with zero attached hydrogens (tertiary/aromatic N) is 3. The van der Waals surface area contributed by atoms with Crippen molar-refractivity contribution in [2.75, 3.05) is 5.32 Å². The number of aryl methyl sites for hydroxylation is 2. The van der Waals surface area contributed by atoms with Crippen LogP contribution in [-0.4, -0.2) is 20.9 Å². The van der Waals surface area contributed by atoms with Gasteiger partial charge in [-0.15, -0.1) is 0 Å². The molecule has 0 aliphatic heterocycles. The zero-order chi connectivity index (χ0) is 18.4. The fourth-order valence-corrected chi connectivity index (χ4v) is 2.42. The predicted octanol–water partition coefficient (Wildman–Crippen LogP) is 3.03. The number of aromatic nitrogens is 3. The number of amides is 1. The first-order valence-electron chi connectivity index (χ1n) is 8.43. The summed E-state index contributed by atoms with van der Waals surface area (Å²) in [4.78, 5) is 25.2. The molecule has 132 valence electrons. The van der Waals surface area contributed by atoms with E-state index >= 15 is 0 Å². The summed E-state index contributed by atoms with van der Waals surface area (Å²) >= 11 is 0. The van der Waals surface area contributed by atoms with Gasteiger partial charge in [0.15, 0.2) is 0 Å². The van der Waals surface area contributed by atoms with Crippen molar-refractivity contribution >= 4 is 11.9 Å². The number of hydrogen-bond acceptors (Lipinski definition) is 5. The van der Waals surface area contributed by atoms with Crippen LogP contribution in [0.2, 0.25) is 0 Å². The van der Waals surface area contributed by atoms with Crippen LogP contribution in [0.25, 0.3) is 0 Å². The number of nitrogens with one attached hydrogen (secondary N) is 2. The third-order valence-electron chi connectivity index (χ3n) is 3.81. The summed E-state index contributed by atoms with van der Waals surface area (Å²) < 4.78 is 0. The first-order valence-corrected chi connectivity index (χ1v) is 8.43. The fraction of sp³-hybridized carbons (Fsp3) is 0.200. The van der Waals surface area contributed by atoms with Gasteiger partial charge in [-0.1, -0.05) is 35.9 Å². The molecule has 3 rings (SSSR count).